The van der Waals surface area contributed by atoms with Gasteiger partial charge in [-0.25, -0.2) is 0 Å². The molecule has 2 saturated heterocycles. The number of ether oxygens (including phenoxy) is 2. The number of hydrogen-bond donors (Lipinski definition) is 2. The SMILES string of the molecule is CC1CC(NC(=O)C2(N)CCOCC2)CCO1. The minimum atomic E-state index is -0.736. The van der Waals surface area contributed by atoms with Crippen molar-refractivity contribution in [2.45, 2.75) is 50.3 Å². The van der Waals surface area contributed by atoms with Gasteiger partial charge in [0.2, 0.25) is 5.91 Å². The van der Waals surface area contributed by atoms with E-state index in [0.29, 0.717) is 32.7 Å². The summed E-state index contributed by atoms with van der Waals surface area (Å²) in [5, 5.41) is 3.06. The highest BCUT2D eigenvalue weighted by Gasteiger charge is 2.37. The molecular formula is C12H22N2O3. The van der Waals surface area contributed by atoms with E-state index in [-0.39, 0.29) is 18.1 Å². The van der Waals surface area contributed by atoms with Gasteiger partial charge in [-0.3, -0.25) is 4.79 Å². The maximum absolute atomic E-state index is 12.2. The van der Waals surface area contributed by atoms with Crippen LogP contribution in [0.4, 0.5) is 0 Å². The van der Waals surface area contributed by atoms with Crippen LogP contribution in [0, 0.1) is 0 Å². The Bertz CT molecular complexity index is 277. The van der Waals surface area contributed by atoms with Gasteiger partial charge in [0.1, 0.15) is 0 Å². The maximum Gasteiger partial charge on any atom is 0.240 e. The van der Waals surface area contributed by atoms with E-state index in [1.165, 1.54) is 0 Å². The van der Waals surface area contributed by atoms with Gasteiger partial charge in [-0.15, -0.1) is 0 Å². The second-order valence-corrected chi connectivity index (χ2v) is 5.14. The number of nitrogens with one attached hydrogen (secondary N) is 1. The summed E-state index contributed by atoms with van der Waals surface area (Å²) in [6, 6.07) is 0.203. The molecule has 2 rings (SSSR count). The molecule has 0 aliphatic carbocycles. The number of carbonyl (C=O) groups is 1. The lowest BCUT2D eigenvalue weighted by Gasteiger charge is -2.35. The third-order valence-corrected chi connectivity index (χ3v) is 3.66. The predicted molar refractivity (Wildman–Crippen MR) is 63.6 cm³/mol. The van der Waals surface area contributed by atoms with E-state index in [4.69, 9.17) is 15.2 Å². The van der Waals surface area contributed by atoms with Crippen molar-refractivity contribution >= 4 is 5.91 Å². The van der Waals surface area contributed by atoms with E-state index in [1.54, 1.807) is 0 Å². The molecule has 0 spiro atoms. The van der Waals surface area contributed by atoms with Crippen LogP contribution in [0.2, 0.25) is 0 Å². The van der Waals surface area contributed by atoms with Crippen LogP contribution in [-0.2, 0) is 14.3 Å². The van der Waals surface area contributed by atoms with Crippen LogP contribution < -0.4 is 11.1 Å². The smallest absolute Gasteiger partial charge is 0.240 e. The Balaban J connectivity index is 1.87. The van der Waals surface area contributed by atoms with Crippen LogP contribution in [0.3, 0.4) is 0 Å². The van der Waals surface area contributed by atoms with Crippen molar-refractivity contribution < 1.29 is 14.3 Å². The first kappa shape index (κ1) is 12.8. The Morgan fingerprint density at radius 3 is 2.71 bits per heavy atom. The normalized spacial score (nSPS) is 33.1. The summed E-state index contributed by atoms with van der Waals surface area (Å²) in [5.74, 6) is -0.0279. The van der Waals surface area contributed by atoms with Crippen molar-refractivity contribution in [2.75, 3.05) is 19.8 Å². The Labute approximate surface area is 102 Å². The van der Waals surface area contributed by atoms with Gasteiger partial charge in [-0.2, -0.15) is 0 Å². The summed E-state index contributed by atoms with van der Waals surface area (Å²) >= 11 is 0. The number of amides is 1. The van der Waals surface area contributed by atoms with E-state index in [9.17, 15) is 4.79 Å². The molecule has 2 unspecified atom stereocenters. The van der Waals surface area contributed by atoms with Crippen LogP contribution in [0.5, 0.6) is 0 Å². The summed E-state index contributed by atoms with van der Waals surface area (Å²) in [6.07, 6.45) is 3.19. The van der Waals surface area contributed by atoms with Gasteiger partial charge >= 0.3 is 0 Å². The highest BCUT2D eigenvalue weighted by molar-refractivity contribution is 5.86. The molecule has 1 amide bonds. The lowest BCUT2D eigenvalue weighted by molar-refractivity contribution is -0.131. The van der Waals surface area contributed by atoms with E-state index < -0.39 is 5.54 Å². The molecule has 98 valence electrons. The van der Waals surface area contributed by atoms with Crippen LogP contribution in [0.25, 0.3) is 0 Å². The molecule has 5 nitrogen and oxygen atoms in total. The quantitative estimate of drug-likeness (QED) is 0.724. The molecular weight excluding hydrogens is 220 g/mol. The third-order valence-electron chi connectivity index (χ3n) is 3.66. The number of nitrogens with two attached hydrogens (primary N) is 1. The molecule has 0 saturated carbocycles. The average molecular weight is 242 g/mol. The molecule has 3 N–H and O–H groups in total. The van der Waals surface area contributed by atoms with Crippen LogP contribution in [-0.4, -0.2) is 43.4 Å². The zero-order valence-corrected chi connectivity index (χ0v) is 10.4. The maximum atomic E-state index is 12.2. The van der Waals surface area contributed by atoms with Gasteiger partial charge in [-0.05, 0) is 32.6 Å². The van der Waals surface area contributed by atoms with Gasteiger partial charge < -0.3 is 20.5 Å². The molecule has 2 aliphatic heterocycles. The van der Waals surface area contributed by atoms with Crippen molar-refractivity contribution in [1.82, 2.24) is 5.32 Å². The molecule has 0 aromatic heterocycles. The highest BCUT2D eigenvalue weighted by Crippen LogP contribution is 2.20. The van der Waals surface area contributed by atoms with E-state index in [2.05, 4.69) is 5.32 Å². The molecule has 2 aliphatic rings. The van der Waals surface area contributed by atoms with Crippen LogP contribution >= 0.6 is 0 Å². The molecule has 2 fully saturated rings. The second kappa shape index (κ2) is 5.33. The minimum absolute atomic E-state index is 0.0279. The Kier molecular flexibility index (Phi) is 4.01. The van der Waals surface area contributed by atoms with Gasteiger partial charge in [0.25, 0.3) is 0 Å². The van der Waals surface area contributed by atoms with Crippen molar-refractivity contribution in [3.63, 3.8) is 0 Å². The summed E-state index contributed by atoms with van der Waals surface area (Å²) < 4.78 is 10.7. The lowest BCUT2D eigenvalue weighted by Crippen LogP contribution is -2.59. The molecule has 17 heavy (non-hydrogen) atoms. The predicted octanol–water partition coefficient (Wildman–Crippen LogP) is 0.178. The first-order chi connectivity index (χ1) is 8.10. The van der Waals surface area contributed by atoms with Gasteiger partial charge in [0.05, 0.1) is 11.6 Å². The molecule has 0 aromatic carbocycles. The molecule has 0 bridgehead atoms. The molecule has 2 atom stereocenters. The number of hydrogen-bond acceptors (Lipinski definition) is 4. The Hall–Kier alpha value is -0.650. The average Bonchev–Trinajstić information content (AvgIpc) is 2.30. The van der Waals surface area contributed by atoms with Gasteiger partial charge in [0.15, 0.2) is 0 Å². The summed E-state index contributed by atoms with van der Waals surface area (Å²) in [7, 11) is 0. The Morgan fingerprint density at radius 1 is 1.35 bits per heavy atom. The van der Waals surface area contributed by atoms with Crippen LogP contribution in [0.15, 0.2) is 0 Å². The van der Waals surface area contributed by atoms with E-state index in [0.717, 1.165) is 12.8 Å². The van der Waals surface area contributed by atoms with E-state index >= 15 is 0 Å². The van der Waals surface area contributed by atoms with Gasteiger partial charge in [-0.1, -0.05) is 0 Å². The van der Waals surface area contributed by atoms with Crippen molar-refractivity contribution in [3.05, 3.63) is 0 Å². The molecule has 5 heteroatoms. The number of rotatable bonds is 2. The minimum Gasteiger partial charge on any atom is -0.381 e. The molecule has 0 radical (unpaired) electrons. The van der Waals surface area contributed by atoms with Gasteiger partial charge in [0, 0.05) is 25.9 Å². The summed E-state index contributed by atoms with van der Waals surface area (Å²) in [5.41, 5.74) is 5.39. The molecule has 0 aromatic rings. The topological polar surface area (TPSA) is 73.6 Å². The fraction of sp³-hybridized carbons (Fsp3) is 0.917. The van der Waals surface area contributed by atoms with Crippen molar-refractivity contribution in [2.24, 2.45) is 5.73 Å². The van der Waals surface area contributed by atoms with E-state index in [1.807, 2.05) is 6.92 Å². The number of carbonyl (C=O) groups excluding carboxylic acids is 1. The lowest BCUT2D eigenvalue weighted by atomic mass is 9.89. The Morgan fingerprint density at radius 2 is 2.06 bits per heavy atom. The zero-order chi connectivity index (χ0) is 12.3. The van der Waals surface area contributed by atoms with Crippen molar-refractivity contribution in [1.29, 1.82) is 0 Å². The third kappa shape index (κ3) is 3.18. The first-order valence-corrected chi connectivity index (χ1v) is 6.39. The standard InChI is InChI=1S/C12H22N2O3/c1-9-8-10(2-5-17-9)14-11(15)12(13)3-6-16-7-4-12/h9-10H,2-8,13H2,1H3,(H,14,15). The summed E-state index contributed by atoms with van der Waals surface area (Å²) in [4.78, 5) is 12.2. The molecule has 2 heterocycles. The zero-order valence-electron chi connectivity index (χ0n) is 10.4. The fourth-order valence-corrected chi connectivity index (χ4v) is 2.42. The second-order valence-electron chi connectivity index (χ2n) is 5.14. The summed E-state index contributed by atoms with van der Waals surface area (Å²) in [6.45, 7) is 3.90. The largest absolute Gasteiger partial charge is 0.381 e. The van der Waals surface area contributed by atoms with Crippen LogP contribution in [0.1, 0.15) is 32.6 Å². The monoisotopic (exact) mass is 242 g/mol. The highest BCUT2D eigenvalue weighted by atomic mass is 16.5. The fourth-order valence-electron chi connectivity index (χ4n) is 2.42. The first-order valence-electron chi connectivity index (χ1n) is 6.39. The van der Waals surface area contributed by atoms with Crippen molar-refractivity contribution in [3.8, 4) is 0 Å².